The highest BCUT2D eigenvalue weighted by Crippen LogP contribution is 2.38. The Morgan fingerprint density at radius 1 is 1.07 bits per heavy atom. The highest BCUT2D eigenvalue weighted by atomic mass is 16.5. The summed E-state index contributed by atoms with van der Waals surface area (Å²) in [7, 11) is 0. The minimum absolute atomic E-state index is 0.408. The van der Waals surface area contributed by atoms with Crippen LogP contribution in [0.2, 0.25) is 0 Å². The zero-order chi connectivity index (χ0) is 20.9. The van der Waals surface area contributed by atoms with Gasteiger partial charge in [-0.1, -0.05) is 30.3 Å². The average molecular weight is 408 g/mol. The Kier molecular flexibility index (Phi) is 6.33. The van der Waals surface area contributed by atoms with Gasteiger partial charge in [0.2, 0.25) is 5.82 Å². The third-order valence-electron chi connectivity index (χ3n) is 5.37. The maximum atomic E-state index is 5.73. The van der Waals surface area contributed by atoms with Gasteiger partial charge in [-0.3, -0.25) is 0 Å². The summed E-state index contributed by atoms with van der Waals surface area (Å²) in [5.74, 6) is 2.51. The Morgan fingerprint density at radius 2 is 1.90 bits per heavy atom. The minimum Gasteiger partial charge on any atom is -0.490 e. The van der Waals surface area contributed by atoms with Crippen LogP contribution in [0.15, 0.2) is 40.9 Å². The van der Waals surface area contributed by atoms with Gasteiger partial charge in [0.1, 0.15) is 0 Å². The molecule has 1 aromatic heterocycles. The van der Waals surface area contributed by atoms with Gasteiger partial charge >= 0.3 is 0 Å². The molecular formula is C24H29N3O3. The molecule has 0 fully saturated rings. The third-order valence-corrected chi connectivity index (χ3v) is 5.37. The van der Waals surface area contributed by atoms with E-state index < -0.39 is 0 Å². The number of hydrogen-bond acceptors (Lipinski definition) is 6. The number of aromatic nitrogens is 2. The molecule has 4 rings (SSSR count). The van der Waals surface area contributed by atoms with Crippen molar-refractivity contribution in [1.82, 2.24) is 15.5 Å². The van der Waals surface area contributed by atoms with Crippen molar-refractivity contribution in [1.29, 1.82) is 0 Å². The minimum atomic E-state index is 0.408. The first-order valence-corrected chi connectivity index (χ1v) is 10.8. The smallest absolute Gasteiger partial charge is 0.258 e. The number of fused-ring (bicyclic) bond motifs is 1. The molecule has 1 aliphatic rings. The third kappa shape index (κ3) is 4.05. The van der Waals surface area contributed by atoms with Crippen LogP contribution in [0.25, 0.3) is 22.8 Å². The standard InChI is InChI=1S/C24H29N3O3/c1-4-14-25-20-12-11-17-18(20)8-7-9-19(17)23-26-24(30-27-23)16-10-13-21(28-5-2)22(15-16)29-6-3/h7-10,13,15,20,25H,4-6,11-12,14H2,1-3H3. The van der Waals surface area contributed by atoms with Crippen molar-refractivity contribution in [3.8, 4) is 34.3 Å². The zero-order valence-electron chi connectivity index (χ0n) is 17.9. The van der Waals surface area contributed by atoms with Crippen LogP contribution >= 0.6 is 0 Å². The van der Waals surface area contributed by atoms with Gasteiger partial charge in [0.05, 0.1) is 13.2 Å². The summed E-state index contributed by atoms with van der Waals surface area (Å²) in [6.07, 6.45) is 3.26. The molecule has 1 unspecified atom stereocenters. The van der Waals surface area contributed by atoms with E-state index in [9.17, 15) is 0 Å². The van der Waals surface area contributed by atoms with Crippen LogP contribution in [-0.2, 0) is 6.42 Å². The molecule has 1 aliphatic carbocycles. The van der Waals surface area contributed by atoms with Crippen LogP contribution in [0.5, 0.6) is 11.5 Å². The Hall–Kier alpha value is -2.86. The fourth-order valence-electron chi connectivity index (χ4n) is 4.03. The summed E-state index contributed by atoms with van der Waals surface area (Å²) in [6.45, 7) is 8.26. The SMILES string of the molecule is CCCNC1CCc2c(-c3noc(-c4ccc(OCC)c(OCC)c4)n3)cccc21. The summed E-state index contributed by atoms with van der Waals surface area (Å²) in [4.78, 5) is 4.70. The Morgan fingerprint density at radius 3 is 2.70 bits per heavy atom. The topological polar surface area (TPSA) is 69.4 Å². The van der Waals surface area contributed by atoms with Crippen molar-refractivity contribution >= 4 is 0 Å². The number of nitrogens with one attached hydrogen (secondary N) is 1. The van der Waals surface area contributed by atoms with E-state index in [1.807, 2.05) is 32.0 Å². The van der Waals surface area contributed by atoms with Crippen LogP contribution < -0.4 is 14.8 Å². The van der Waals surface area contributed by atoms with Gasteiger partial charge in [-0.2, -0.15) is 4.98 Å². The maximum absolute atomic E-state index is 5.73. The zero-order valence-corrected chi connectivity index (χ0v) is 17.9. The molecule has 2 aromatic carbocycles. The molecule has 30 heavy (non-hydrogen) atoms. The Balaban J connectivity index is 1.63. The van der Waals surface area contributed by atoms with E-state index in [4.69, 9.17) is 19.0 Å². The second kappa shape index (κ2) is 9.30. The van der Waals surface area contributed by atoms with E-state index in [1.165, 1.54) is 11.1 Å². The van der Waals surface area contributed by atoms with E-state index >= 15 is 0 Å². The molecule has 0 bridgehead atoms. The van der Waals surface area contributed by atoms with Crippen molar-refractivity contribution in [3.63, 3.8) is 0 Å². The lowest BCUT2D eigenvalue weighted by atomic mass is 10.0. The van der Waals surface area contributed by atoms with Gasteiger partial charge in [0.15, 0.2) is 11.5 Å². The number of hydrogen-bond donors (Lipinski definition) is 1. The predicted molar refractivity (Wildman–Crippen MR) is 117 cm³/mol. The molecule has 0 amide bonds. The molecule has 6 nitrogen and oxygen atoms in total. The van der Waals surface area contributed by atoms with Crippen molar-refractivity contribution in [3.05, 3.63) is 47.5 Å². The fraction of sp³-hybridized carbons (Fsp3) is 0.417. The van der Waals surface area contributed by atoms with E-state index in [1.54, 1.807) is 0 Å². The molecule has 1 heterocycles. The lowest BCUT2D eigenvalue weighted by molar-refractivity contribution is 0.288. The average Bonchev–Trinajstić information content (AvgIpc) is 3.41. The van der Waals surface area contributed by atoms with Gasteiger partial charge < -0.3 is 19.3 Å². The summed E-state index contributed by atoms with van der Waals surface area (Å²) >= 11 is 0. The van der Waals surface area contributed by atoms with E-state index in [-0.39, 0.29) is 0 Å². The van der Waals surface area contributed by atoms with E-state index in [0.29, 0.717) is 42.5 Å². The lowest BCUT2D eigenvalue weighted by Crippen LogP contribution is -2.19. The van der Waals surface area contributed by atoms with Gasteiger partial charge in [-0.25, -0.2) is 0 Å². The lowest BCUT2D eigenvalue weighted by Gasteiger charge is -2.13. The summed E-state index contributed by atoms with van der Waals surface area (Å²) in [6, 6.07) is 12.5. The Bertz CT molecular complexity index is 999. The second-order valence-electron chi connectivity index (χ2n) is 7.37. The molecule has 0 aliphatic heterocycles. The molecule has 3 aromatic rings. The van der Waals surface area contributed by atoms with E-state index in [2.05, 4.69) is 35.6 Å². The van der Waals surface area contributed by atoms with Crippen molar-refractivity contribution in [2.24, 2.45) is 0 Å². The van der Waals surface area contributed by atoms with Crippen LogP contribution in [0.1, 0.15) is 50.8 Å². The second-order valence-corrected chi connectivity index (χ2v) is 7.37. The van der Waals surface area contributed by atoms with Crippen LogP contribution in [0.4, 0.5) is 0 Å². The molecule has 158 valence electrons. The summed E-state index contributed by atoms with van der Waals surface area (Å²) < 4.78 is 17.0. The Labute approximate surface area is 177 Å². The molecule has 1 N–H and O–H groups in total. The molecule has 6 heteroatoms. The largest absolute Gasteiger partial charge is 0.490 e. The predicted octanol–water partition coefficient (Wildman–Crippen LogP) is 5.19. The fourth-order valence-corrected chi connectivity index (χ4v) is 4.03. The monoisotopic (exact) mass is 407 g/mol. The number of benzene rings is 2. The van der Waals surface area contributed by atoms with Crippen molar-refractivity contribution < 1.29 is 14.0 Å². The molecule has 0 spiro atoms. The van der Waals surface area contributed by atoms with Crippen molar-refractivity contribution in [2.45, 2.75) is 46.1 Å². The first kappa shape index (κ1) is 20.4. The normalized spacial score (nSPS) is 15.2. The molecule has 0 saturated carbocycles. The van der Waals surface area contributed by atoms with E-state index in [0.717, 1.165) is 36.9 Å². The number of nitrogens with zero attached hydrogens (tertiary/aromatic N) is 2. The molecule has 0 radical (unpaired) electrons. The van der Waals surface area contributed by atoms with Crippen molar-refractivity contribution in [2.75, 3.05) is 19.8 Å². The van der Waals surface area contributed by atoms with Gasteiger partial charge in [-0.05, 0) is 69.0 Å². The molecule has 1 atom stereocenters. The van der Waals surface area contributed by atoms with Gasteiger partial charge in [-0.15, -0.1) is 0 Å². The van der Waals surface area contributed by atoms with Crippen LogP contribution in [-0.4, -0.2) is 29.9 Å². The highest BCUT2D eigenvalue weighted by molar-refractivity contribution is 5.67. The molecular weight excluding hydrogens is 378 g/mol. The highest BCUT2D eigenvalue weighted by Gasteiger charge is 2.26. The maximum Gasteiger partial charge on any atom is 0.258 e. The summed E-state index contributed by atoms with van der Waals surface area (Å²) in [5.41, 5.74) is 4.54. The summed E-state index contributed by atoms with van der Waals surface area (Å²) in [5, 5.41) is 7.92. The first-order valence-electron chi connectivity index (χ1n) is 10.8. The van der Waals surface area contributed by atoms with Crippen LogP contribution in [0, 0.1) is 0 Å². The van der Waals surface area contributed by atoms with Gasteiger partial charge in [0, 0.05) is 17.2 Å². The quantitative estimate of drug-likeness (QED) is 0.527. The number of ether oxygens (including phenoxy) is 2. The molecule has 0 saturated heterocycles. The number of rotatable bonds is 9. The van der Waals surface area contributed by atoms with Gasteiger partial charge in [0.25, 0.3) is 5.89 Å². The van der Waals surface area contributed by atoms with Crippen LogP contribution in [0.3, 0.4) is 0 Å². The first-order chi connectivity index (χ1) is 14.7.